The fourth-order valence-corrected chi connectivity index (χ4v) is 2.77. The minimum atomic E-state index is -0.547. The topological polar surface area (TPSA) is 48.0 Å². The quantitative estimate of drug-likeness (QED) is 0.742. The van der Waals surface area contributed by atoms with E-state index in [1.165, 1.54) is 4.90 Å². The van der Waals surface area contributed by atoms with Gasteiger partial charge in [0.25, 0.3) is 0 Å². The Morgan fingerprint density at radius 1 is 1.19 bits per heavy atom. The Hall–Kier alpha value is -1.24. The van der Waals surface area contributed by atoms with Crippen molar-refractivity contribution in [3.8, 4) is 0 Å². The molecule has 7 heteroatoms. The van der Waals surface area contributed by atoms with Gasteiger partial charge in [-0.25, -0.2) is 4.79 Å². The molecule has 1 amide bonds. The standard InChI is InChI=1S/C19H29BClNO4/c1-17(2,3)24-16(23)22(8)12-13-11-14(21)9-10-15(13)20-25-18(4,5)19(6,7)26-20/h9-11H,12H2,1-8H3. The predicted molar refractivity (Wildman–Crippen MR) is 105 cm³/mol. The molecule has 1 aliphatic rings. The molecule has 2 rings (SSSR count). The summed E-state index contributed by atoms with van der Waals surface area (Å²) in [6.07, 6.45) is -0.391. The Morgan fingerprint density at radius 2 is 1.73 bits per heavy atom. The van der Waals surface area contributed by atoms with E-state index in [4.69, 9.17) is 25.6 Å². The largest absolute Gasteiger partial charge is 0.495 e. The second-order valence-electron chi connectivity index (χ2n) is 8.77. The van der Waals surface area contributed by atoms with Crippen LogP contribution in [0.25, 0.3) is 0 Å². The summed E-state index contributed by atoms with van der Waals surface area (Å²) in [6.45, 7) is 13.9. The number of carbonyl (C=O) groups is 1. The van der Waals surface area contributed by atoms with Crippen LogP contribution in [0, 0.1) is 0 Å². The predicted octanol–water partition coefficient (Wildman–Crippen LogP) is 4.01. The maximum absolute atomic E-state index is 12.3. The number of rotatable bonds is 3. The van der Waals surface area contributed by atoms with E-state index < -0.39 is 30.0 Å². The molecule has 1 aromatic rings. The summed E-state index contributed by atoms with van der Waals surface area (Å²) >= 11 is 6.19. The minimum absolute atomic E-state index is 0.342. The summed E-state index contributed by atoms with van der Waals surface area (Å²) in [5.41, 5.74) is 0.304. The lowest BCUT2D eigenvalue weighted by Crippen LogP contribution is -2.41. The highest BCUT2D eigenvalue weighted by molar-refractivity contribution is 6.62. The fourth-order valence-electron chi connectivity index (χ4n) is 2.57. The molecule has 1 heterocycles. The third-order valence-electron chi connectivity index (χ3n) is 4.72. The zero-order chi connectivity index (χ0) is 19.9. The van der Waals surface area contributed by atoms with Crippen LogP contribution in [0.3, 0.4) is 0 Å². The van der Waals surface area contributed by atoms with Crippen molar-refractivity contribution in [3.05, 3.63) is 28.8 Å². The van der Waals surface area contributed by atoms with Crippen molar-refractivity contribution in [2.24, 2.45) is 0 Å². The molecule has 1 saturated heterocycles. The molecule has 0 N–H and O–H groups in total. The van der Waals surface area contributed by atoms with Crippen molar-refractivity contribution in [3.63, 3.8) is 0 Å². The third kappa shape index (κ3) is 4.73. The number of hydrogen-bond donors (Lipinski definition) is 0. The number of carbonyl (C=O) groups excluding carboxylic acids is 1. The number of hydrogen-bond acceptors (Lipinski definition) is 4. The smallest absolute Gasteiger partial charge is 0.444 e. The summed E-state index contributed by atoms with van der Waals surface area (Å²) in [6, 6.07) is 5.53. The van der Waals surface area contributed by atoms with Crippen LogP contribution < -0.4 is 5.46 Å². The van der Waals surface area contributed by atoms with E-state index in [1.54, 1.807) is 13.1 Å². The van der Waals surface area contributed by atoms with Gasteiger partial charge >= 0.3 is 13.2 Å². The molecular weight excluding hydrogens is 352 g/mol. The average Bonchev–Trinajstić information content (AvgIpc) is 2.65. The van der Waals surface area contributed by atoms with Gasteiger partial charge in [-0.3, -0.25) is 0 Å². The zero-order valence-corrected chi connectivity index (χ0v) is 17.7. The van der Waals surface area contributed by atoms with Crippen LogP contribution >= 0.6 is 11.6 Å². The van der Waals surface area contributed by atoms with E-state index in [0.29, 0.717) is 11.6 Å². The Balaban J connectivity index is 2.25. The van der Waals surface area contributed by atoms with E-state index in [9.17, 15) is 4.79 Å². The van der Waals surface area contributed by atoms with Crippen molar-refractivity contribution in [1.29, 1.82) is 0 Å². The van der Waals surface area contributed by atoms with E-state index in [2.05, 4.69) is 0 Å². The van der Waals surface area contributed by atoms with Crippen molar-refractivity contribution in [1.82, 2.24) is 4.90 Å². The number of halogens is 1. The van der Waals surface area contributed by atoms with E-state index in [-0.39, 0.29) is 0 Å². The first-order valence-corrected chi connectivity index (χ1v) is 9.18. The Labute approximate surface area is 162 Å². The molecule has 144 valence electrons. The number of amides is 1. The summed E-state index contributed by atoms with van der Waals surface area (Å²) < 4.78 is 17.7. The molecule has 0 radical (unpaired) electrons. The molecule has 1 fully saturated rings. The first-order valence-electron chi connectivity index (χ1n) is 8.80. The molecule has 0 bridgehead atoms. The summed E-state index contributed by atoms with van der Waals surface area (Å²) in [5.74, 6) is 0. The molecule has 0 aromatic heterocycles. The molecular formula is C19H29BClNO4. The van der Waals surface area contributed by atoms with E-state index >= 15 is 0 Å². The first-order chi connectivity index (χ1) is 11.7. The summed E-state index contributed by atoms with van der Waals surface area (Å²) in [4.78, 5) is 13.8. The SMILES string of the molecule is CN(Cc1cc(Cl)ccc1B1OC(C)(C)C(C)(C)O1)C(=O)OC(C)(C)C. The molecule has 0 aliphatic carbocycles. The highest BCUT2D eigenvalue weighted by Crippen LogP contribution is 2.36. The molecule has 1 aliphatic heterocycles. The average molecular weight is 382 g/mol. The lowest BCUT2D eigenvalue weighted by molar-refractivity contribution is 0.00578. The van der Waals surface area contributed by atoms with Gasteiger partial charge in [-0.1, -0.05) is 17.7 Å². The van der Waals surface area contributed by atoms with Gasteiger partial charge in [0.1, 0.15) is 5.60 Å². The number of benzene rings is 1. The van der Waals surface area contributed by atoms with Gasteiger partial charge in [0.05, 0.1) is 11.2 Å². The highest BCUT2D eigenvalue weighted by atomic mass is 35.5. The first kappa shape index (κ1) is 21.1. The van der Waals surface area contributed by atoms with Crippen molar-refractivity contribution in [2.75, 3.05) is 7.05 Å². The van der Waals surface area contributed by atoms with Crippen LogP contribution in [-0.2, 0) is 20.6 Å². The molecule has 5 nitrogen and oxygen atoms in total. The van der Waals surface area contributed by atoms with E-state index in [1.807, 2.05) is 60.6 Å². The molecule has 26 heavy (non-hydrogen) atoms. The Kier molecular flexibility index (Phi) is 5.72. The van der Waals surface area contributed by atoms with Crippen LogP contribution in [0.4, 0.5) is 4.79 Å². The second kappa shape index (κ2) is 7.06. The van der Waals surface area contributed by atoms with Gasteiger partial charge in [0, 0.05) is 18.6 Å². The van der Waals surface area contributed by atoms with Crippen molar-refractivity contribution >= 4 is 30.3 Å². The Bertz CT molecular complexity index is 669. The van der Waals surface area contributed by atoms with Gasteiger partial charge in [0.2, 0.25) is 0 Å². The maximum atomic E-state index is 12.3. The van der Waals surface area contributed by atoms with Crippen molar-refractivity contribution < 1.29 is 18.8 Å². The van der Waals surface area contributed by atoms with Gasteiger partial charge in [0.15, 0.2) is 0 Å². The van der Waals surface area contributed by atoms with Crippen LogP contribution in [0.2, 0.25) is 5.02 Å². The lowest BCUT2D eigenvalue weighted by Gasteiger charge is -2.32. The fraction of sp³-hybridized carbons (Fsp3) is 0.632. The third-order valence-corrected chi connectivity index (χ3v) is 4.96. The van der Waals surface area contributed by atoms with Crippen LogP contribution in [0.1, 0.15) is 54.0 Å². The van der Waals surface area contributed by atoms with Gasteiger partial charge in [-0.05, 0) is 71.6 Å². The number of nitrogens with zero attached hydrogens (tertiary/aromatic N) is 1. The molecule has 1 aromatic carbocycles. The Morgan fingerprint density at radius 3 is 2.23 bits per heavy atom. The van der Waals surface area contributed by atoms with Crippen LogP contribution in [0.5, 0.6) is 0 Å². The van der Waals surface area contributed by atoms with E-state index in [0.717, 1.165) is 11.0 Å². The summed E-state index contributed by atoms with van der Waals surface area (Å²) in [5, 5.41) is 0.595. The molecule has 0 spiro atoms. The minimum Gasteiger partial charge on any atom is -0.444 e. The molecule has 0 saturated carbocycles. The highest BCUT2D eigenvalue weighted by Gasteiger charge is 2.52. The van der Waals surface area contributed by atoms with Crippen molar-refractivity contribution in [2.45, 2.75) is 71.8 Å². The molecule has 0 unspecified atom stereocenters. The number of ether oxygens (including phenoxy) is 1. The second-order valence-corrected chi connectivity index (χ2v) is 9.20. The van der Waals surface area contributed by atoms with Gasteiger partial charge < -0.3 is 18.9 Å². The van der Waals surface area contributed by atoms with Gasteiger partial charge in [-0.2, -0.15) is 0 Å². The van der Waals surface area contributed by atoms with Crippen LogP contribution in [-0.4, -0.2) is 42.0 Å². The maximum Gasteiger partial charge on any atom is 0.495 e. The summed E-state index contributed by atoms with van der Waals surface area (Å²) in [7, 11) is 1.18. The van der Waals surface area contributed by atoms with Gasteiger partial charge in [-0.15, -0.1) is 0 Å². The van der Waals surface area contributed by atoms with Crippen LogP contribution in [0.15, 0.2) is 18.2 Å². The monoisotopic (exact) mass is 381 g/mol. The zero-order valence-electron chi connectivity index (χ0n) is 17.0. The lowest BCUT2D eigenvalue weighted by atomic mass is 9.76. The normalized spacial score (nSPS) is 18.7. The molecule has 0 atom stereocenters.